The van der Waals surface area contributed by atoms with E-state index in [4.69, 9.17) is 0 Å². The Balaban J connectivity index is 1.41. The van der Waals surface area contributed by atoms with Crippen LogP contribution in [-0.2, 0) is 0 Å². The Hall–Kier alpha value is -3.37. The number of anilines is 1. The molecule has 2 heterocycles. The first kappa shape index (κ1) is 24.7. The van der Waals surface area contributed by atoms with Gasteiger partial charge in [-0.3, -0.25) is 4.79 Å². The van der Waals surface area contributed by atoms with Crippen molar-refractivity contribution in [2.24, 2.45) is 5.41 Å². The van der Waals surface area contributed by atoms with E-state index in [2.05, 4.69) is 10.1 Å². The number of likely N-dealkylation sites (tertiary alicyclic amines) is 2. The molecule has 2 aliphatic rings. The number of carbonyl (C=O) groups is 2. The van der Waals surface area contributed by atoms with Crippen molar-refractivity contribution in [1.82, 2.24) is 9.80 Å². The second-order valence-electron chi connectivity index (χ2n) is 8.95. The Kier molecular flexibility index (Phi) is 6.86. The van der Waals surface area contributed by atoms with E-state index < -0.39 is 46.7 Å². The number of ether oxygens (including phenoxy) is 1. The van der Waals surface area contributed by atoms with Gasteiger partial charge in [0.1, 0.15) is 22.9 Å². The minimum absolute atomic E-state index is 0.271. The molecule has 2 aromatic rings. The number of nitrogens with zero attached hydrogens (tertiary/aromatic N) is 2. The van der Waals surface area contributed by atoms with Gasteiger partial charge < -0.3 is 19.9 Å². The number of halogens is 5. The highest BCUT2D eigenvalue weighted by atomic mass is 19.4. The van der Waals surface area contributed by atoms with Crippen molar-refractivity contribution in [2.45, 2.75) is 32.0 Å². The zero-order valence-corrected chi connectivity index (χ0v) is 18.7. The molecule has 2 aliphatic heterocycles. The maximum atomic E-state index is 14.2. The lowest BCUT2D eigenvalue weighted by Gasteiger charge is -2.48. The standard InChI is InChI=1S/C24H24F5N3O3/c25-18-4-1-5-19(26)20(18)21(33)31-12-2-10-23(14-31)11-3-13-32(15-23)22(34)30-16-6-8-17(9-7-16)35-24(27,28)29/h1,4-9H,2-3,10-15H2,(H,30,34). The first-order valence-corrected chi connectivity index (χ1v) is 11.2. The molecule has 188 valence electrons. The number of carbonyl (C=O) groups excluding carboxylic acids is 2. The second kappa shape index (κ2) is 9.71. The van der Waals surface area contributed by atoms with Crippen LogP contribution in [0.3, 0.4) is 0 Å². The summed E-state index contributed by atoms with van der Waals surface area (Å²) >= 11 is 0. The fraction of sp³-hybridized carbons (Fsp3) is 0.417. The average molecular weight is 497 g/mol. The molecule has 1 atom stereocenters. The summed E-state index contributed by atoms with van der Waals surface area (Å²) in [5.74, 6) is -2.93. The Labute approximate surface area is 198 Å². The van der Waals surface area contributed by atoms with Gasteiger partial charge in [-0.25, -0.2) is 13.6 Å². The summed E-state index contributed by atoms with van der Waals surface area (Å²) < 4.78 is 69.1. The van der Waals surface area contributed by atoms with Crippen molar-refractivity contribution in [3.63, 3.8) is 0 Å². The predicted octanol–water partition coefficient (Wildman–Crippen LogP) is 5.41. The van der Waals surface area contributed by atoms with Gasteiger partial charge in [-0.05, 0) is 62.1 Å². The third-order valence-electron chi connectivity index (χ3n) is 6.41. The summed E-state index contributed by atoms with van der Waals surface area (Å²) in [5, 5.41) is 2.67. The van der Waals surface area contributed by atoms with Gasteiger partial charge in [0.25, 0.3) is 5.91 Å². The zero-order valence-electron chi connectivity index (χ0n) is 18.7. The van der Waals surface area contributed by atoms with Crippen LogP contribution in [0.25, 0.3) is 0 Å². The van der Waals surface area contributed by atoms with Crippen LogP contribution in [0.2, 0.25) is 0 Å². The normalized spacial score (nSPS) is 20.6. The molecule has 3 amide bonds. The van der Waals surface area contributed by atoms with Crippen LogP contribution in [0, 0.1) is 17.0 Å². The Morgan fingerprint density at radius 3 is 2.06 bits per heavy atom. The number of benzene rings is 2. The molecular formula is C24H24F5N3O3. The molecule has 1 unspecified atom stereocenters. The summed E-state index contributed by atoms with van der Waals surface area (Å²) in [6.07, 6.45) is -1.98. The number of alkyl halides is 3. The fourth-order valence-electron chi connectivity index (χ4n) is 4.90. The lowest BCUT2D eigenvalue weighted by Crippen LogP contribution is -2.55. The van der Waals surface area contributed by atoms with Gasteiger partial charge in [0.15, 0.2) is 0 Å². The van der Waals surface area contributed by atoms with Crippen LogP contribution in [0.1, 0.15) is 36.0 Å². The molecule has 11 heteroatoms. The van der Waals surface area contributed by atoms with E-state index in [9.17, 15) is 31.5 Å². The second-order valence-corrected chi connectivity index (χ2v) is 8.95. The fourth-order valence-corrected chi connectivity index (χ4v) is 4.90. The molecule has 2 aromatic carbocycles. The third kappa shape index (κ3) is 5.83. The predicted molar refractivity (Wildman–Crippen MR) is 117 cm³/mol. The Bertz CT molecular complexity index is 1070. The lowest BCUT2D eigenvalue weighted by molar-refractivity contribution is -0.274. The molecule has 1 spiro atoms. The first-order chi connectivity index (χ1) is 16.6. The number of nitrogens with one attached hydrogen (secondary N) is 1. The van der Waals surface area contributed by atoms with Gasteiger partial charge in [0.05, 0.1) is 0 Å². The molecule has 35 heavy (non-hydrogen) atoms. The van der Waals surface area contributed by atoms with Crippen LogP contribution in [-0.4, -0.2) is 54.3 Å². The van der Waals surface area contributed by atoms with Crippen LogP contribution in [0.5, 0.6) is 5.75 Å². The van der Waals surface area contributed by atoms with Gasteiger partial charge in [-0.1, -0.05) is 6.07 Å². The summed E-state index contributed by atoms with van der Waals surface area (Å²) in [6, 6.07) is 7.70. The van der Waals surface area contributed by atoms with E-state index in [-0.39, 0.29) is 6.54 Å². The Morgan fingerprint density at radius 2 is 1.46 bits per heavy atom. The highest BCUT2D eigenvalue weighted by Gasteiger charge is 2.42. The van der Waals surface area contributed by atoms with Gasteiger partial charge in [-0.2, -0.15) is 0 Å². The highest BCUT2D eigenvalue weighted by Crippen LogP contribution is 2.39. The summed E-state index contributed by atoms with van der Waals surface area (Å²) in [4.78, 5) is 28.8. The molecule has 0 saturated carbocycles. The van der Waals surface area contributed by atoms with Crippen LogP contribution < -0.4 is 10.1 Å². The number of hydrogen-bond acceptors (Lipinski definition) is 3. The van der Waals surface area contributed by atoms with Crippen molar-refractivity contribution < 1.29 is 36.3 Å². The van der Waals surface area contributed by atoms with Crippen molar-refractivity contribution in [1.29, 1.82) is 0 Å². The molecule has 2 fully saturated rings. The largest absolute Gasteiger partial charge is 0.573 e. The molecule has 0 radical (unpaired) electrons. The molecule has 0 bridgehead atoms. The van der Waals surface area contributed by atoms with Gasteiger partial charge in [0.2, 0.25) is 0 Å². The number of urea groups is 1. The highest BCUT2D eigenvalue weighted by molar-refractivity contribution is 5.95. The maximum Gasteiger partial charge on any atom is 0.573 e. The number of piperidine rings is 2. The van der Waals surface area contributed by atoms with Gasteiger partial charge in [0, 0.05) is 37.3 Å². The van der Waals surface area contributed by atoms with Gasteiger partial charge >= 0.3 is 12.4 Å². The molecule has 1 N–H and O–H groups in total. The van der Waals surface area contributed by atoms with E-state index >= 15 is 0 Å². The van der Waals surface area contributed by atoms with Crippen LogP contribution in [0.15, 0.2) is 42.5 Å². The lowest BCUT2D eigenvalue weighted by atomic mass is 9.73. The molecule has 0 aromatic heterocycles. The van der Waals surface area contributed by atoms with E-state index in [0.29, 0.717) is 38.2 Å². The minimum Gasteiger partial charge on any atom is -0.406 e. The zero-order chi connectivity index (χ0) is 25.2. The summed E-state index contributed by atoms with van der Waals surface area (Å²) in [6.45, 7) is 1.45. The van der Waals surface area contributed by atoms with Crippen molar-refractivity contribution >= 4 is 17.6 Å². The molecule has 6 nitrogen and oxygen atoms in total. The van der Waals surface area contributed by atoms with Crippen LogP contribution in [0.4, 0.5) is 32.4 Å². The topological polar surface area (TPSA) is 61.9 Å². The van der Waals surface area contributed by atoms with E-state index in [1.54, 1.807) is 4.90 Å². The van der Waals surface area contributed by atoms with Crippen LogP contribution >= 0.6 is 0 Å². The summed E-state index contributed by atoms with van der Waals surface area (Å²) in [5.41, 5.74) is -0.678. The minimum atomic E-state index is -4.81. The van der Waals surface area contributed by atoms with E-state index in [0.717, 1.165) is 37.1 Å². The quantitative estimate of drug-likeness (QED) is 0.577. The first-order valence-electron chi connectivity index (χ1n) is 11.2. The Morgan fingerprint density at radius 1 is 0.886 bits per heavy atom. The van der Waals surface area contributed by atoms with E-state index in [1.807, 2.05) is 0 Å². The van der Waals surface area contributed by atoms with E-state index in [1.165, 1.54) is 23.1 Å². The number of amides is 3. The van der Waals surface area contributed by atoms with Gasteiger partial charge in [-0.15, -0.1) is 13.2 Å². The number of hydrogen-bond donors (Lipinski definition) is 1. The summed E-state index contributed by atoms with van der Waals surface area (Å²) in [7, 11) is 0. The molecule has 4 rings (SSSR count). The molecule has 2 saturated heterocycles. The van der Waals surface area contributed by atoms with Crippen molar-refractivity contribution in [3.8, 4) is 5.75 Å². The molecule has 0 aliphatic carbocycles. The van der Waals surface area contributed by atoms with Crippen molar-refractivity contribution in [2.75, 3.05) is 31.5 Å². The third-order valence-corrected chi connectivity index (χ3v) is 6.41. The van der Waals surface area contributed by atoms with Crippen molar-refractivity contribution in [3.05, 3.63) is 59.7 Å². The number of rotatable bonds is 3. The maximum absolute atomic E-state index is 14.2. The molecular weight excluding hydrogens is 473 g/mol. The average Bonchev–Trinajstić information content (AvgIpc) is 2.79. The smallest absolute Gasteiger partial charge is 0.406 e. The monoisotopic (exact) mass is 497 g/mol. The SMILES string of the molecule is O=C(Nc1ccc(OC(F)(F)F)cc1)N1CCCC2(CCCN(C(=O)c3c(F)cccc3F)C2)C1.